The number of nitrogens with zero attached hydrogens (tertiary/aromatic N) is 3. The molecule has 0 fully saturated rings. The van der Waals surface area contributed by atoms with E-state index in [1.165, 1.54) is 0 Å². The Labute approximate surface area is 71.8 Å². The molecule has 12 heavy (non-hydrogen) atoms. The van der Waals surface area contributed by atoms with E-state index in [4.69, 9.17) is 0 Å². The molecular formula is C9H9N3. The number of allylic oxidation sites excluding steroid dienone is 2. The Bertz CT molecular complexity index is 235. The van der Waals surface area contributed by atoms with Gasteiger partial charge in [0.25, 0.3) is 0 Å². The second-order valence-corrected chi connectivity index (χ2v) is 2.57. The summed E-state index contributed by atoms with van der Waals surface area (Å²) < 4.78 is 0. The molecule has 0 spiro atoms. The van der Waals surface area contributed by atoms with Gasteiger partial charge >= 0.3 is 0 Å². The maximum atomic E-state index is 4.28. The molecule has 0 saturated heterocycles. The molecule has 2 radical (unpaired) electrons. The van der Waals surface area contributed by atoms with Crippen LogP contribution < -0.4 is 0 Å². The SMILES string of the molecule is [C]1N=CC=CN1C1CC=CC=N1. The van der Waals surface area contributed by atoms with Gasteiger partial charge in [0.2, 0.25) is 6.67 Å². The van der Waals surface area contributed by atoms with Gasteiger partial charge in [0.1, 0.15) is 6.17 Å². The van der Waals surface area contributed by atoms with Crippen LogP contribution in [-0.4, -0.2) is 23.5 Å². The minimum Gasteiger partial charge on any atom is -0.324 e. The van der Waals surface area contributed by atoms with Gasteiger partial charge in [-0.05, 0) is 12.2 Å². The Morgan fingerprint density at radius 2 is 2.33 bits per heavy atom. The van der Waals surface area contributed by atoms with E-state index in [-0.39, 0.29) is 6.17 Å². The summed E-state index contributed by atoms with van der Waals surface area (Å²) in [5, 5.41) is 0. The predicted molar refractivity (Wildman–Crippen MR) is 48.8 cm³/mol. The lowest BCUT2D eigenvalue weighted by molar-refractivity contribution is 0.338. The van der Waals surface area contributed by atoms with Crippen molar-refractivity contribution in [3.05, 3.63) is 31.1 Å². The highest BCUT2D eigenvalue weighted by Crippen LogP contribution is 2.13. The van der Waals surface area contributed by atoms with E-state index < -0.39 is 0 Å². The summed E-state index contributed by atoms with van der Waals surface area (Å²) in [6.45, 7) is 2.86. The van der Waals surface area contributed by atoms with E-state index in [2.05, 4.69) is 22.7 Å². The molecule has 0 aliphatic carbocycles. The van der Waals surface area contributed by atoms with Gasteiger partial charge in [0.05, 0.1) is 0 Å². The van der Waals surface area contributed by atoms with Crippen LogP contribution in [0.25, 0.3) is 0 Å². The Morgan fingerprint density at radius 1 is 1.33 bits per heavy atom. The Kier molecular flexibility index (Phi) is 2.03. The van der Waals surface area contributed by atoms with Crippen molar-refractivity contribution in [2.45, 2.75) is 12.6 Å². The number of rotatable bonds is 1. The van der Waals surface area contributed by atoms with Gasteiger partial charge in [-0.3, -0.25) is 9.98 Å². The van der Waals surface area contributed by atoms with Crippen LogP contribution in [0.1, 0.15) is 6.42 Å². The standard InChI is InChI=1S/C9H9N3/c1-2-6-11-9(4-1)12-7-3-5-10-8-12/h1-3,5-7,9H,4H2. The summed E-state index contributed by atoms with van der Waals surface area (Å²) in [4.78, 5) is 10.1. The van der Waals surface area contributed by atoms with Crippen molar-refractivity contribution in [2.75, 3.05) is 0 Å². The van der Waals surface area contributed by atoms with E-state index >= 15 is 0 Å². The summed E-state index contributed by atoms with van der Waals surface area (Å²) in [6.07, 6.45) is 12.4. The van der Waals surface area contributed by atoms with Crippen LogP contribution in [0.3, 0.4) is 0 Å². The number of dihydropyridines is 1. The van der Waals surface area contributed by atoms with Crippen LogP contribution in [0, 0.1) is 6.67 Å². The number of aliphatic imine (C=N–C) groups is 2. The molecule has 0 saturated carbocycles. The lowest BCUT2D eigenvalue weighted by atomic mass is 10.2. The molecule has 2 heterocycles. The first-order valence-corrected chi connectivity index (χ1v) is 3.89. The molecule has 0 aromatic carbocycles. The molecule has 0 amide bonds. The van der Waals surface area contributed by atoms with Crippen LogP contribution in [-0.2, 0) is 0 Å². The molecule has 1 unspecified atom stereocenters. The molecule has 1 atom stereocenters. The topological polar surface area (TPSA) is 28.0 Å². The van der Waals surface area contributed by atoms with Crippen LogP contribution in [0.15, 0.2) is 34.4 Å². The molecule has 2 rings (SSSR count). The normalized spacial score (nSPS) is 26.7. The quantitative estimate of drug-likeness (QED) is 0.565. The fourth-order valence-corrected chi connectivity index (χ4v) is 1.13. The number of hydrogen-bond acceptors (Lipinski definition) is 3. The molecule has 0 bridgehead atoms. The number of hydrogen-bond donors (Lipinski definition) is 0. The second kappa shape index (κ2) is 3.34. The van der Waals surface area contributed by atoms with Crippen molar-refractivity contribution in [1.82, 2.24) is 4.90 Å². The van der Waals surface area contributed by atoms with Crippen molar-refractivity contribution >= 4 is 12.4 Å². The van der Waals surface area contributed by atoms with Gasteiger partial charge in [0.15, 0.2) is 0 Å². The zero-order chi connectivity index (χ0) is 8.23. The molecule has 3 nitrogen and oxygen atoms in total. The smallest absolute Gasteiger partial charge is 0.230 e. The van der Waals surface area contributed by atoms with Gasteiger partial charge < -0.3 is 4.90 Å². The van der Waals surface area contributed by atoms with Gasteiger partial charge in [-0.15, -0.1) is 0 Å². The summed E-state index contributed by atoms with van der Waals surface area (Å²) in [5.41, 5.74) is 0. The molecule has 2 aliphatic heterocycles. The van der Waals surface area contributed by atoms with E-state index in [0.29, 0.717) is 0 Å². The zero-order valence-electron chi connectivity index (χ0n) is 6.59. The monoisotopic (exact) mass is 159 g/mol. The van der Waals surface area contributed by atoms with Gasteiger partial charge in [-0.2, -0.15) is 0 Å². The highest BCUT2D eigenvalue weighted by molar-refractivity contribution is 5.73. The summed E-state index contributed by atoms with van der Waals surface area (Å²) in [5.74, 6) is 0. The molecule has 2 aliphatic rings. The first-order chi connectivity index (χ1) is 5.97. The van der Waals surface area contributed by atoms with Gasteiger partial charge in [0, 0.05) is 25.0 Å². The third-order valence-electron chi connectivity index (χ3n) is 1.73. The van der Waals surface area contributed by atoms with Gasteiger partial charge in [-0.1, -0.05) is 6.08 Å². The minimum atomic E-state index is 0.142. The zero-order valence-corrected chi connectivity index (χ0v) is 6.59. The first-order valence-electron chi connectivity index (χ1n) is 3.89. The maximum absolute atomic E-state index is 4.28. The Morgan fingerprint density at radius 3 is 3.00 bits per heavy atom. The highest BCUT2D eigenvalue weighted by atomic mass is 15.3. The van der Waals surface area contributed by atoms with Crippen LogP contribution in [0.2, 0.25) is 0 Å². The van der Waals surface area contributed by atoms with Crippen molar-refractivity contribution in [2.24, 2.45) is 9.98 Å². The summed E-state index contributed by atoms with van der Waals surface area (Å²) in [6, 6.07) is 0. The summed E-state index contributed by atoms with van der Waals surface area (Å²) in [7, 11) is 0. The van der Waals surface area contributed by atoms with E-state index in [9.17, 15) is 0 Å². The largest absolute Gasteiger partial charge is 0.324 e. The third kappa shape index (κ3) is 1.44. The predicted octanol–water partition coefficient (Wildman–Crippen LogP) is 1.24. The molecule has 0 N–H and O–H groups in total. The third-order valence-corrected chi connectivity index (χ3v) is 1.73. The van der Waals surface area contributed by atoms with Crippen molar-refractivity contribution in [3.8, 4) is 0 Å². The lowest BCUT2D eigenvalue weighted by Crippen LogP contribution is -2.28. The van der Waals surface area contributed by atoms with Crippen molar-refractivity contribution in [1.29, 1.82) is 0 Å². The first kappa shape index (κ1) is 7.28. The van der Waals surface area contributed by atoms with E-state index in [1.807, 2.05) is 29.5 Å². The average Bonchev–Trinajstić information content (AvgIpc) is 2.21. The van der Waals surface area contributed by atoms with Crippen molar-refractivity contribution < 1.29 is 0 Å². The van der Waals surface area contributed by atoms with Gasteiger partial charge in [-0.25, -0.2) is 0 Å². The second-order valence-electron chi connectivity index (χ2n) is 2.57. The van der Waals surface area contributed by atoms with Crippen LogP contribution in [0.5, 0.6) is 0 Å². The fraction of sp³-hybridized carbons (Fsp3) is 0.222. The van der Waals surface area contributed by atoms with Crippen molar-refractivity contribution in [3.63, 3.8) is 0 Å². The molecule has 0 aromatic heterocycles. The lowest BCUT2D eigenvalue weighted by Gasteiger charge is -2.25. The van der Waals surface area contributed by atoms with E-state index in [0.717, 1.165) is 6.42 Å². The molecule has 3 heteroatoms. The average molecular weight is 159 g/mol. The van der Waals surface area contributed by atoms with E-state index in [1.54, 1.807) is 6.21 Å². The Hall–Kier alpha value is -1.38. The van der Waals surface area contributed by atoms with Crippen LogP contribution >= 0.6 is 0 Å². The maximum Gasteiger partial charge on any atom is 0.230 e. The molecular weight excluding hydrogens is 150 g/mol. The molecule has 0 aromatic rings. The summed E-state index contributed by atoms with van der Waals surface area (Å²) >= 11 is 0. The fourth-order valence-electron chi connectivity index (χ4n) is 1.13. The van der Waals surface area contributed by atoms with Crippen LogP contribution in [0.4, 0.5) is 0 Å². The Balaban J connectivity index is 2.01. The minimum absolute atomic E-state index is 0.142. The highest BCUT2D eigenvalue weighted by Gasteiger charge is 2.14. The molecule has 60 valence electrons.